The largest absolute Gasteiger partial charge is 0.490 e. The van der Waals surface area contributed by atoms with E-state index >= 15 is 0 Å². The fraction of sp³-hybridized carbons (Fsp3) is 0.131. The predicted octanol–water partition coefficient (Wildman–Crippen LogP) is 18.9. The number of ketones is 6. The van der Waals surface area contributed by atoms with Crippen LogP contribution in [0.25, 0.3) is 100 Å². The second-order valence-corrected chi connectivity index (χ2v) is 27.3. The number of hydrogen-bond acceptors (Lipinski definition) is 14. The van der Waals surface area contributed by atoms with Gasteiger partial charge in [0.05, 0.1) is 46.2 Å². The summed E-state index contributed by atoms with van der Waals surface area (Å²) in [7, 11) is 0. The van der Waals surface area contributed by atoms with E-state index in [0.29, 0.717) is 68.1 Å². The molecule has 12 aromatic carbocycles. The molecule has 0 amide bonds. The van der Waals surface area contributed by atoms with Crippen LogP contribution in [0.5, 0.6) is 0 Å². The number of Topliss-reactive ketones (excluding diaryl/α,β-unsaturated/α-hetero) is 3. The third-order valence-electron chi connectivity index (χ3n) is 19.9. The molecule has 2 fully saturated rings. The molecule has 20 rings (SSSR count). The van der Waals surface area contributed by atoms with Crippen molar-refractivity contribution >= 4 is 135 Å². The second kappa shape index (κ2) is 34.2. The Bertz CT molecular complexity index is 6180. The summed E-state index contributed by atoms with van der Waals surface area (Å²) in [5.74, 6) is 6.80. The maximum absolute atomic E-state index is 12.5. The van der Waals surface area contributed by atoms with Crippen LogP contribution in [0, 0.1) is 24.7 Å². The summed E-state index contributed by atoms with van der Waals surface area (Å²) >= 11 is 0. The van der Waals surface area contributed by atoms with Gasteiger partial charge in [-0.3, -0.25) is 28.8 Å². The molecule has 2 atom stereocenters. The van der Waals surface area contributed by atoms with Crippen molar-refractivity contribution < 1.29 is 66.7 Å². The number of epoxide rings is 2. The molecule has 0 radical (unpaired) electrons. The van der Waals surface area contributed by atoms with Crippen molar-refractivity contribution in [3.05, 3.63) is 345 Å². The van der Waals surface area contributed by atoms with E-state index in [2.05, 4.69) is 25.0 Å². The molecule has 8 aliphatic rings. The maximum Gasteiger partial charge on any atom is 0.192 e. The first-order valence-corrected chi connectivity index (χ1v) is 37.0. The van der Waals surface area contributed by atoms with Crippen LogP contribution in [0.1, 0.15) is 95.5 Å². The lowest BCUT2D eigenvalue weighted by Crippen LogP contribution is -2.15. The molecule has 12 aromatic rings. The highest BCUT2D eigenvalue weighted by Crippen LogP contribution is 2.39. The van der Waals surface area contributed by atoms with Crippen LogP contribution in [-0.2, 0) is 37.9 Å². The standard InChI is InChI=1S/C17H14O3.C17H14O2.C17H12O2.C16H12O3.C16H12O2.C16H10O2/c18-17-13(8-19-9-14-10-20-14)7-12-5-1-3-11-4-2-6-15(17)16(11)12;2*1-2-9-19-11-14-10-13-7-3-5-12-6-4-8-15(16(12)13)17(14)18;17-14-7-15(19-9-11-8-18-11)13-6-2-4-10-3-1-5-12(14)16(10)13;2*1-2-9-18-15-10-14(17)12-7-3-5-11-6-4-8-13(15)16(11)12/h1-7,14H,8-10H2;2-8,10H,1,9,11H2;1,3-8,10H,9,11H2;1-7,11H,8-9H2;2-8,10H,1,9H2;1,3-8,10H,9H2. The monoisotopic (exact) mass is 1490 g/mol. The van der Waals surface area contributed by atoms with Crippen molar-refractivity contribution in [2.75, 3.05) is 72.7 Å². The van der Waals surface area contributed by atoms with Gasteiger partial charge >= 0.3 is 0 Å². The van der Waals surface area contributed by atoms with Gasteiger partial charge in [0.2, 0.25) is 0 Å². The number of carbonyl (C=O) groups is 6. The third kappa shape index (κ3) is 16.2. The molecule has 2 unspecified atom stereocenters. The Morgan fingerprint density at radius 2 is 0.628 bits per heavy atom. The molecule has 2 heterocycles. The molecule has 0 N–H and O–H groups in total. The molecular formula is C99H74O14. The van der Waals surface area contributed by atoms with Crippen LogP contribution < -0.4 is 0 Å². The van der Waals surface area contributed by atoms with Gasteiger partial charge in [-0.2, -0.15) is 0 Å². The van der Waals surface area contributed by atoms with Crippen molar-refractivity contribution in [1.82, 2.24) is 0 Å². The Kier molecular flexibility index (Phi) is 22.6. The topological polar surface area (TPSA) is 183 Å². The smallest absolute Gasteiger partial charge is 0.192 e. The number of hydrogen-bond donors (Lipinski definition) is 0. The summed E-state index contributed by atoms with van der Waals surface area (Å²) < 4.78 is 43.2. The quantitative estimate of drug-likeness (QED) is 0.0322. The molecule has 554 valence electrons. The first-order chi connectivity index (χ1) is 55.4. The summed E-state index contributed by atoms with van der Waals surface area (Å²) in [6.45, 7) is 12.0. The van der Waals surface area contributed by atoms with Gasteiger partial charge in [0, 0.05) is 117 Å². The number of ether oxygens (including phenoxy) is 8. The van der Waals surface area contributed by atoms with E-state index in [1.54, 1.807) is 24.3 Å². The molecule has 0 bridgehead atoms. The fourth-order valence-corrected chi connectivity index (χ4v) is 14.6. The van der Waals surface area contributed by atoms with Crippen LogP contribution in [0.15, 0.2) is 279 Å². The zero-order valence-corrected chi connectivity index (χ0v) is 61.6. The number of terminal acetylenes is 2. The zero-order chi connectivity index (χ0) is 77.9. The zero-order valence-electron chi connectivity index (χ0n) is 61.6. The lowest BCUT2D eigenvalue weighted by molar-refractivity contribution is 0.0965. The van der Waals surface area contributed by atoms with Crippen molar-refractivity contribution in [1.29, 1.82) is 0 Å². The van der Waals surface area contributed by atoms with Crippen molar-refractivity contribution in [2.45, 2.75) is 12.2 Å². The van der Waals surface area contributed by atoms with E-state index < -0.39 is 0 Å². The molecule has 6 aliphatic carbocycles. The van der Waals surface area contributed by atoms with E-state index in [1.807, 2.05) is 237 Å². The van der Waals surface area contributed by atoms with Crippen LogP contribution in [0.4, 0.5) is 0 Å². The average molecular weight is 1490 g/mol. The predicted molar refractivity (Wildman–Crippen MR) is 445 cm³/mol. The molecule has 0 saturated carbocycles. The highest BCUT2D eigenvalue weighted by molar-refractivity contribution is 6.27. The van der Waals surface area contributed by atoms with Crippen molar-refractivity contribution in [3.63, 3.8) is 0 Å². The van der Waals surface area contributed by atoms with Gasteiger partial charge in [0.15, 0.2) is 34.7 Å². The molecule has 14 heteroatoms. The van der Waals surface area contributed by atoms with Gasteiger partial charge < -0.3 is 37.9 Å². The van der Waals surface area contributed by atoms with Crippen LogP contribution >= 0.6 is 0 Å². The summed E-state index contributed by atoms with van der Waals surface area (Å²) in [5.41, 5.74) is 12.7. The van der Waals surface area contributed by atoms with E-state index in [9.17, 15) is 28.8 Å². The SMILES string of the molecule is C#CCOC1=CC(=O)c2cccc3cccc1c23.C#CCOCC1=Cc2cccc3cccc(c23)C1=O.C=CCOC1=CC(=O)c2cccc3cccc1c23.C=CCOCC1=Cc2cccc3cccc(c23)C1=O.O=C1C(COCC2CO2)=Cc2cccc3cccc1c23.O=C1C=C(OCC2CO2)c2cccc3cccc1c23. The van der Waals surface area contributed by atoms with Crippen molar-refractivity contribution in [3.8, 4) is 24.7 Å². The van der Waals surface area contributed by atoms with Gasteiger partial charge in [0.25, 0.3) is 0 Å². The van der Waals surface area contributed by atoms with E-state index in [-0.39, 0.29) is 66.7 Å². The Balaban J connectivity index is 0.000000107. The number of rotatable bonds is 19. The Morgan fingerprint density at radius 3 is 0.982 bits per heavy atom. The van der Waals surface area contributed by atoms with Crippen LogP contribution in [0.3, 0.4) is 0 Å². The van der Waals surface area contributed by atoms with E-state index in [1.165, 1.54) is 6.08 Å². The summed E-state index contributed by atoms with van der Waals surface area (Å²) in [6, 6.07) is 70.8. The Morgan fingerprint density at radius 1 is 0.327 bits per heavy atom. The lowest BCUT2D eigenvalue weighted by atomic mass is 9.88. The van der Waals surface area contributed by atoms with Crippen LogP contribution in [-0.4, -0.2) is 120 Å². The Hall–Kier alpha value is -13.5. The van der Waals surface area contributed by atoms with E-state index in [4.69, 9.17) is 50.7 Å². The molecule has 2 aliphatic heterocycles. The average Bonchev–Trinajstić information content (AvgIpc) is 1.44. The second-order valence-electron chi connectivity index (χ2n) is 27.3. The minimum atomic E-state index is -0.0358. The first-order valence-electron chi connectivity index (χ1n) is 37.0. The molecule has 0 aromatic heterocycles. The highest BCUT2D eigenvalue weighted by Gasteiger charge is 2.30. The molecule has 14 nitrogen and oxygen atoms in total. The number of allylic oxidation sites excluding steroid dienone is 3. The fourth-order valence-electron chi connectivity index (χ4n) is 14.6. The minimum Gasteiger partial charge on any atom is -0.490 e. The van der Waals surface area contributed by atoms with Gasteiger partial charge in [-0.15, -0.1) is 19.4 Å². The number of carbonyl (C=O) groups excluding carboxylic acids is 6. The molecule has 0 spiro atoms. The number of benzene rings is 12. The van der Waals surface area contributed by atoms with E-state index in [0.717, 1.165) is 150 Å². The molecule has 2 saturated heterocycles. The summed E-state index contributed by atoms with van der Waals surface area (Å²) in [5, 5.41) is 12.5. The Labute approximate surface area is 652 Å². The third-order valence-corrected chi connectivity index (χ3v) is 19.9. The van der Waals surface area contributed by atoms with Gasteiger partial charge in [-0.25, -0.2) is 0 Å². The summed E-state index contributed by atoms with van der Waals surface area (Å²) in [6.07, 6.45) is 24.5. The van der Waals surface area contributed by atoms with Gasteiger partial charge in [-0.05, 0) is 67.2 Å². The minimum absolute atomic E-state index is 0.00152. The first kappa shape index (κ1) is 74.9. The van der Waals surface area contributed by atoms with Gasteiger partial charge in [0.1, 0.15) is 55.9 Å². The van der Waals surface area contributed by atoms with Gasteiger partial charge in [-0.1, -0.05) is 249 Å². The van der Waals surface area contributed by atoms with Crippen molar-refractivity contribution in [2.24, 2.45) is 0 Å². The maximum atomic E-state index is 12.5. The molecular weight excluding hydrogens is 1410 g/mol. The normalized spacial score (nSPS) is 15.7. The summed E-state index contributed by atoms with van der Waals surface area (Å²) in [4.78, 5) is 73.6. The lowest BCUT2D eigenvalue weighted by Gasteiger charge is -2.18. The highest BCUT2D eigenvalue weighted by atomic mass is 16.6. The molecule has 113 heavy (non-hydrogen) atoms. The van der Waals surface area contributed by atoms with Crippen LogP contribution in [0.2, 0.25) is 0 Å².